The van der Waals surface area contributed by atoms with E-state index in [4.69, 9.17) is 4.52 Å². The van der Waals surface area contributed by atoms with Crippen molar-refractivity contribution >= 4 is 28.6 Å². The second kappa shape index (κ2) is 6.25. The van der Waals surface area contributed by atoms with E-state index in [0.717, 1.165) is 16.1 Å². The molecule has 0 atom stereocenters. The molecule has 0 aliphatic carbocycles. The lowest BCUT2D eigenvalue weighted by atomic mass is 10.2. The van der Waals surface area contributed by atoms with Gasteiger partial charge in [-0.25, -0.2) is 0 Å². The van der Waals surface area contributed by atoms with Crippen LogP contribution in [0.15, 0.2) is 40.9 Å². The van der Waals surface area contributed by atoms with Crippen LogP contribution in [-0.2, 0) is 0 Å². The van der Waals surface area contributed by atoms with Crippen LogP contribution < -0.4 is 5.32 Å². The number of benzene rings is 1. The lowest BCUT2D eigenvalue weighted by molar-refractivity contribution is -0.383. The number of hydrogen-bond donors (Lipinski definition) is 1. The second-order valence-corrected chi connectivity index (χ2v) is 6.18. The predicted octanol–water partition coefficient (Wildman–Crippen LogP) is 4.18. The molecule has 1 aromatic carbocycles. The number of carbonyl (C=O) groups is 1. The quantitative estimate of drug-likeness (QED) is 0.566. The molecule has 24 heavy (non-hydrogen) atoms. The molecule has 0 radical (unpaired) electrons. The maximum Gasteiger partial charge on any atom is 0.292 e. The van der Waals surface area contributed by atoms with Crippen LogP contribution in [0.5, 0.6) is 0 Å². The number of amides is 1. The summed E-state index contributed by atoms with van der Waals surface area (Å²) in [7, 11) is 0. The molecule has 3 aromatic rings. The molecule has 0 aliphatic heterocycles. The SMILES string of the molecule is Cc1noc(C)c1-c1ccc(C(=O)Nc2ccccc2[N+](=O)[O-])s1. The first kappa shape index (κ1) is 15.9. The van der Waals surface area contributed by atoms with Gasteiger partial charge in [-0.1, -0.05) is 17.3 Å². The third-order valence-electron chi connectivity index (χ3n) is 3.46. The van der Waals surface area contributed by atoms with E-state index in [1.165, 1.54) is 23.5 Å². The van der Waals surface area contributed by atoms with Crippen molar-refractivity contribution in [2.45, 2.75) is 13.8 Å². The van der Waals surface area contributed by atoms with Crippen LogP contribution in [0.3, 0.4) is 0 Å². The standard InChI is InChI=1S/C16H13N3O4S/c1-9-15(10(2)23-18-9)13-7-8-14(24-13)16(20)17-11-5-3-4-6-12(11)19(21)22/h3-8H,1-2H3,(H,17,20). The summed E-state index contributed by atoms with van der Waals surface area (Å²) in [6, 6.07) is 9.51. The van der Waals surface area contributed by atoms with Gasteiger partial charge in [-0.05, 0) is 32.0 Å². The zero-order valence-electron chi connectivity index (χ0n) is 12.9. The number of nitro groups is 1. The Hall–Kier alpha value is -3.00. The normalized spacial score (nSPS) is 10.6. The molecule has 3 rings (SSSR count). The molecule has 7 nitrogen and oxygen atoms in total. The summed E-state index contributed by atoms with van der Waals surface area (Å²) in [5.41, 5.74) is 1.64. The molecule has 0 spiro atoms. The highest BCUT2D eigenvalue weighted by atomic mass is 32.1. The zero-order valence-corrected chi connectivity index (χ0v) is 13.7. The van der Waals surface area contributed by atoms with Gasteiger partial charge in [-0.2, -0.15) is 0 Å². The van der Waals surface area contributed by atoms with E-state index in [2.05, 4.69) is 10.5 Å². The summed E-state index contributed by atoms with van der Waals surface area (Å²) in [6.45, 7) is 3.64. The Morgan fingerprint density at radius 3 is 2.67 bits per heavy atom. The van der Waals surface area contributed by atoms with Crippen LogP contribution in [0.1, 0.15) is 21.1 Å². The highest BCUT2D eigenvalue weighted by Crippen LogP contribution is 2.33. The van der Waals surface area contributed by atoms with Gasteiger partial charge in [0.15, 0.2) is 0 Å². The number of para-hydroxylation sites is 2. The molecule has 0 aliphatic rings. The van der Waals surface area contributed by atoms with Crippen LogP contribution >= 0.6 is 11.3 Å². The predicted molar refractivity (Wildman–Crippen MR) is 90.3 cm³/mol. The minimum Gasteiger partial charge on any atom is -0.361 e. The Morgan fingerprint density at radius 1 is 1.25 bits per heavy atom. The Balaban J connectivity index is 1.86. The molecule has 2 heterocycles. The molecule has 1 amide bonds. The number of hydrogen-bond acceptors (Lipinski definition) is 6. The third-order valence-corrected chi connectivity index (χ3v) is 4.56. The fraction of sp³-hybridized carbons (Fsp3) is 0.125. The highest BCUT2D eigenvalue weighted by Gasteiger charge is 2.19. The lowest BCUT2D eigenvalue weighted by Crippen LogP contribution is -2.11. The summed E-state index contributed by atoms with van der Waals surface area (Å²) in [5, 5.41) is 17.5. The highest BCUT2D eigenvalue weighted by molar-refractivity contribution is 7.17. The van der Waals surface area contributed by atoms with Gasteiger partial charge in [0.25, 0.3) is 11.6 Å². The van der Waals surface area contributed by atoms with Crippen LogP contribution in [0.2, 0.25) is 0 Å². The Bertz CT molecular complexity index is 910. The van der Waals surface area contributed by atoms with Crippen LogP contribution in [0.4, 0.5) is 11.4 Å². The van der Waals surface area contributed by atoms with E-state index in [1.54, 1.807) is 18.2 Å². The van der Waals surface area contributed by atoms with Crippen molar-refractivity contribution in [1.82, 2.24) is 5.16 Å². The van der Waals surface area contributed by atoms with E-state index in [0.29, 0.717) is 10.6 Å². The summed E-state index contributed by atoms with van der Waals surface area (Å²) in [6.07, 6.45) is 0. The Labute approximate surface area is 141 Å². The molecule has 1 N–H and O–H groups in total. The van der Waals surface area contributed by atoms with Gasteiger partial charge in [0.2, 0.25) is 0 Å². The van der Waals surface area contributed by atoms with Gasteiger partial charge in [-0.15, -0.1) is 11.3 Å². The molecular weight excluding hydrogens is 330 g/mol. The van der Waals surface area contributed by atoms with Gasteiger partial charge in [0.1, 0.15) is 11.4 Å². The number of aromatic nitrogens is 1. The first-order valence-corrected chi connectivity index (χ1v) is 7.87. The van der Waals surface area contributed by atoms with Crippen LogP contribution in [-0.4, -0.2) is 16.0 Å². The van der Waals surface area contributed by atoms with Gasteiger partial charge in [0.05, 0.1) is 21.1 Å². The number of nitrogens with zero attached hydrogens (tertiary/aromatic N) is 2. The lowest BCUT2D eigenvalue weighted by Gasteiger charge is -2.04. The molecular formula is C16H13N3O4S. The molecule has 0 saturated heterocycles. The monoisotopic (exact) mass is 343 g/mol. The van der Waals surface area contributed by atoms with Crippen LogP contribution in [0, 0.1) is 24.0 Å². The Morgan fingerprint density at radius 2 is 2.00 bits per heavy atom. The van der Waals surface area contributed by atoms with E-state index in [1.807, 2.05) is 19.9 Å². The number of nitrogens with one attached hydrogen (secondary N) is 1. The first-order chi connectivity index (χ1) is 11.5. The molecule has 0 bridgehead atoms. The number of thiophene rings is 1. The van der Waals surface area contributed by atoms with Crippen molar-refractivity contribution in [1.29, 1.82) is 0 Å². The largest absolute Gasteiger partial charge is 0.361 e. The molecule has 122 valence electrons. The fourth-order valence-electron chi connectivity index (χ4n) is 2.35. The number of anilines is 1. The Kier molecular flexibility index (Phi) is 4.13. The molecule has 0 fully saturated rings. The smallest absolute Gasteiger partial charge is 0.292 e. The molecule has 0 unspecified atom stereocenters. The van der Waals surface area contributed by atoms with Crippen molar-refractivity contribution in [2.24, 2.45) is 0 Å². The van der Waals surface area contributed by atoms with E-state index < -0.39 is 10.8 Å². The van der Waals surface area contributed by atoms with Crippen molar-refractivity contribution < 1.29 is 14.2 Å². The van der Waals surface area contributed by atoms with Crippen molar-refractivity contribution in [3.8, 4) is 10.4 Å². The summed E-state index contributed by atoms with van der Waals surface area (Å²) in [4.78, 5) is 24.2. The van der Waals surface area contributed by atoms with Gasteiger partial charge < -0.3 is 9.84 Å². The molecule has 2 aromatic heterocycles. The van der Waals surface area contributed by atoms with E-state index in [9.17, 15) is 14.9 Å². The second-order valence-electron chi connectivity index (χ2n) is 5.09. The summed E-state index contributed by atoms with van der Waals surface area (Å²) >= 11 is 1.28. The van der Waals surface area contributed by atoms with Gasteiger partial charge in [0, 0.05) is 10.9 Å². The van der Waals surface area contributed by atoms with Crippen molar-refractivity contribution in [2.75, 3.05) is 5.32 Å². The zero-order chi connectivity index (χ0) is 17.3. The summed E-state index contributed by atoms with van der Waals surface area (Å²) in [5.74, 6) is 0.285. The summed E-state index contributed by atoms with van der Waals surface area (Å²) < 4.78 is 5.14. The number of rotatable bonds is 4. The average molecular weight is 343 g/mol. The average Bonchev–Trinajstić information content (AvgIpc) is 3.14. The number of nitro benzene ring substituents is 1. The fourth-order valence-corrected chi connectivity index (χ4v) is 3.40. The first-order valence-electron chi connectivity index (χ1n) is 7.05. The topological polar surface area (TPSA) is 98.3 Å². The van der Waals surface area contributed by atoms with E-state index in [-0.39, 0.29) is 11.4 Å². The number of carbonyl (C=O) groups excluding carboxylic acids is 1. The maximum atomic E-state index is 12.4. The van der Waals surface area contributed by atoms with Crippen molar-refractivity contribution in [3.05, 3.63) is 62.8 Å². The minimum absolute atomic E-state index is 0.145. The van der Waals surface area contributed by atoms with Crippen LogP contribution in [0.25, 0.3) is 10.4 Å². The minimum atomic E-state index is -0.528. The molecule has 8 heteroatoms. The molecule has 0 saturated carbocycles. The van der Waals surface area contributed by atoms with Gasteiger partial charge >= 0.3 is 0 Å². The third kappa shape index (κ3) is 2.91. The number of aryl methyl sites for hydroxylation is 2. The van der Waals surface area contributed by atoms with Gasteiger partial charge in [-0.3, -0.25) is 14.9 Å². The van der Waals surface area contributed by atoms with E-state index >= 15 is 0 Å². The maximum absolute atomic E-state index is 12.4. The van der Waals surface area contributed by atoms with Crippen molar-refractivity contribution in [3.63, 3.8) is 0 Å².